The van der Waals surface area contributed by atoms with Crippen LogP contribution in [-0.2, 0) is 6.18 Å². The number of alkyl halides is 3. The highest BCUT2D eigenvalue weighted by Gasteiger charge is 2.31. The lowest BCUT2D eigenvalue weighted by atomic mass is 9.96. The van der Waals surface area contributed by atoms with Gasteiger partial charge < -0.3 is 10.2 Å². The van der Waals surface area contributed by atoms with E-state index in [9.17, 15) is 13.2 Å². The zero-order chi connectivity index (χ0) is 15.5. The van der Waals surface area contributed by atoms with Gasteiger partial charge in [-0.2, -0.15) is 13.2 Å². The molecule has 21 heavy (non-hydrogen) atoms. The Bertz CT molecular complexity index is 468. The molecule has 2 nitrogen and oxygen atoms in total. The molecule has 1 aromatic carbocycles. The summed E-state index contributed by atoms with van der Waals surface area (Å²) < 4.78 is 38.5. The van der Waals surface area contributed by atoms with Crippen LogP contribution in [-0.4, -0.2) is 26.2 Å². The Balaban J connectivity index is 2.00. The predicted molar refractivity (Wildman–Crippen MR) is 82.6 cm³/mol. The largest absolute Gasteiger partial charge is 0.416 e. The van der Waals surface area contributed by atoms with Gasteiger partial charge in [-0.15, -0.1) is 0 Å². The molecular formula is C15H20BrF3N2. The van der Waals surface area contributed by atoms with Crippen LogP contribution >= 0.6 is 15.9 Å². The van der Waals surface area contributed by atoms with E-state index in [0.717, 1.165) is 50.8 Å². The van der Waals surface area contributed by atoms with Gasteiger partial charge in [0, 0.05) is 17.6 Å². The minimum absolute atomic E-state index is 0.516. The van der Waals surface area contributed by atoms with Crippen molar-refractivity contribution in [1.82, 2.24) is 5.32 Å². The van der Waals surface area contributed by atoms with Crippen molar-refractivity contribution in [3.8, 4) is 0 Å². The van der Waals surface area contributed by atoms with Gasteiger partial charge >= 0.3 is 6.18 Å². The Kier molecular flexibility index (Phi) is 5.54. The Morgan fingerprint density at radius 3 is 2.48 bits per heavy atom. The topological polar surface area (TPSA) is 15.3 Å². The first kappa shape index (κ1) is 16.6. The molecule has 0 aromatic heterocycles. The number of anilines is 1. The van der Waals surface area contributed by atoms with Crippen molar-refractivity contribution in [2.24, 2.45) is 5.92 Å². The van der Waals surface area contributed by atoms with E-state index in [0.29, 0.717) is 10.4 Å². The van der Waals surface area contributed by atoms with Crippen LogP contribution < -0.4 is 10.2 Å². The number of hydrogen-bond donors (Lipinski definition) is 1. The minimum Gasteiger partial charge on any atom is -0.371 e. The van der Waals surface area contributed by atoms with E-state index in [1.54, 1.807) is 6.07 Å². The van der Waals surface area contributed by atoms with E-state index in [1.807, 2.05) is 0 Å². The third kappa shape index (κ3) is 4.36. The fraction of sp³-hybridized carbons (Fsp3) is 0.600. The zero-order valence-electron chi connectivity index (χ0n) is 12.0. The molecule has 0 unspecified atom stereocenters. The van der Waals surface area contributed by atoms with Gasteiger partial charge in [0.2, 0.25) is 0 Å². The van der Waals surface area contributed by atoms with Gasteiger partial charge in [-0.05, 0) is 66.0 Å². The highest BCUT2D eigenvalue weighted by atomic mass is 79.9. The van der Waals surface area contributed by atoms with Crippen molar-refractivity contribution in [3.63, 3.8) is 0 Å². The number of rotatable bonds is 4. The molecule has 1 N–H and O–H groups in total. The molecule has 1 saturated heterocycles. The summed E-state index contributed by atoms with van der Waals surface area (Å²) in [7, 11) is 0. The van der Waals surface area contributed by atoms with E-state index in [2.05, 4.69) is 33.1 Å². The number of halogens is 4. The molecule has 1 fully saturated rings. The quantitative estimate of drug-likeness (QED) is 0.856. The van der Waals surface area contributed by atoms with Crippen molar-refractivity contribution in [2.75, 3.05) is 31.1 Å². The molecule has 1 aromatic rings. The lowest BCUT2D eigenvalue weighted by Crippen LogP contribution is -2.37. The van der Waals surface area contributed by atoms with Gasteiger partial charge in [0.15, 0.2) is 0 Å². The maximum Gasteiger partial charge on any atom is 0.416 e. The summed E-state index contributed by atoms with van der Waals surface area (Å²) in [6.45, 7) is 5.87. The molecule has 1 aliphatic rings. The van der Waals surface area contributed by atoms with Crippen molar-refractivity contribution >= 4 is 21.6 Å². The first-order valence-electron chi connectivity index (χ1n) is 7.24. The van der Waals surface area contributed by atoms with Crippen LogP contribution in [0.1, 0.15) is 25.3 Å². The first-order chi connectivity index (χ1) is 9.91. The molecule has 0 radical (unpaired) electrons. The molecule has 6 heteroatoms. The maximum atomic E-state index is 12.7. The van der Waals surface area contributed by atoms with E-state index in [-0.39, 0.29) is 0 Å². The van der Waals surface area contributed by atoms with Crippen LogP contribution in [0.25, 0.3) is 0 Å². The summed E-state index contributed by atoms with van der Waals surface area (Å²) in [5, 5.41) is 3.36. The molecule has 118 valence electrons. The fourth-order valence-electron chi connectivity index (χ4n) is 2.67. The van der Waals surface area contributed by atoms with Gasteiger partial charge in [0.25, 0.3) is 0 Å². The summed E-state index contributed by atoms with van der Waals surface area (Å²) in [6.07, 6.45) is -2.15. The van der Waals surface area contributed by atoms with E-state index >= 15 is 0 Å². The zero-order valence-corrected chi connectivity index (χ0v) is 13.6. The number of nitrogens with zero attached hydrogens (tertiary/aromatic N) is 1. The maximum absolute atomic E-state index is 12.7. The number of hydrogen-bond acceptors (Lipinski definition) is 2. The third-order valence-corrected chi connectivity index (χ3v) is 4.55. The first-order valence-corrected chi connectivity index (χ1v) is 8.03. The molecule has 1 aliphatic heterocycles. The summed E-state index contributed by atoms with van der Waals surface area (Å²) in [4.78, 5) is 2.16. The third-order valence-electron chi connectivity index (χ3n) is 3.91. The lowest BCUT2D eigenvalue weighted by Gasteiger charge is -2.34. The van der Waals surface area contributed by atoms with Gasteiger partial charge in [-0.3, -0.25) is 0 Å². The van der Waals surface area contributed by atoms with Crippen molar-refractivity contribution in [2.45, 2.75) is 25.9 Å². The molecular weight excluding hydrogens is 345 g/mol. The molecule has 0 aliphatic carbocycles. The van der Waals surface area contributed by atoms with Crippen LogP contribution in [0.4, 0.5) is 18.9 Å². The molecule has 1 heterocycles. The van der Waals surface area contributed by atoms with Crippen LogP contribution in [0.15, 0.2) is 22.7 Å². The summed E-state index contributed by atoms with van der Waals surface area (Å²) >= 11 is 3.28. The molecule has 0 spiro atoms. The number of benzene rings is 1. The summed E-state index contributed by atoms with van der Waals surface area (Å²) in [6, 6.07) is 3.89. The molecule has 0 amide bonds. The summed E-state index contributed by atoms with van der Waals surface area (Å²) in [5.74, 6) is 0.662. The molecule has 2 rings (SSSR count). The van der Waals surface area contributed by atoms with Crippen LogP contribution in [0.5, 0.6) is 0 Å². The molecule has 0 bridgehead atoms. The predicted octanol–water partition coefficient (Wildman–Crippen LogP) is 4.29. The second-order valence-corrected chi connectivity index (χ2v) is 6.26. The highest BCUT2D eigenvalue weighted by Crippen LogP contribution is 2.36. The average molecular weight is 365 g/mol. The van der Waals surface area contributed by atoms with Crippen molar-refractivity contribution < 1.29 is 13.2 Å². The van der Waals surface area contributed by atoms with Crippen molar-refractivity contribution in [1.29, 1.82) is 0 Å². The van der Waals surface area contributed by atoms with Crippen LogP contribution in [0.3, 0.4) is 0 Å². The summed E-state index contributed by atoms with van der Waals surface area (Å²) in [5.41, 5.74) is 0.241. The van der Waals surface area contributed by atoms with E-state index in [4.69, 9.17) is 0 Å². The second-order valence-electron chi connectivity index (χ2n) is 5.40. The monoisotopic (exact) mass is 364 g/mol. The Hall–Kier alpha value is -0.750. The minimum atomic E-state index is -4.29. The van der Waals surface area contributed by atoms with Gasteiger partial charge in [-0.25, -0.2) is 0 Å². The normalized spacial score (nSPS) is 17.3. The molecule has 0 saturated carbocycles. The highest BCUT2D eigenvalue weighted by molar-refractivity contribution is 9.10. The Morgan fingerprint density at radius 2 is 1.95 bits per heavy atom. The smallest absolute Gasteiger partial charge is 0.371 e. The average Bonchev–Trinajstić information content (AvgIpc) is 2.45. The van der Waals surface area contributed by atoms with Crippen LogP contribution in [0, 0.1) is 5.92 Å². The van der Waals surface area contributed by atoms with Gasteiger partial charge in [0.1, 0.15) is 0 Å². The van der Waals surface area contributed by atoms with E-state index < -0.39 is 11.7 Å². The Morgan fingerprint density at radius 1 is 1.29 bits per heavy atom. The number of piperidine rings is 1. The second kappa shape index (κ2) is 7.01. The van der Waals surface area contributed by atoms with E-state index in [1.165, 1.54) is 6.07 Å². The standard InChI is InChI=1S/C15H20BrF3N2/c1-2-20-10-11-5-7-21(8-6-11)14-4-3-12(9-13(14)16)15(17,18)19/h3-4,9,11,20H,2,5-8,10H2,1H3. The van der Waals surface area contributed by atoms with Crippen molar-refractivity contribution in [3.05, 3.63) is 28.2 Å². The number of nitrogens with one attached hydrogen (secondary N) is 1. The van der Waals surface area contributed by atoms with Gasteiger partial charge in [0.05, 0.1) is 11.3 Å². The lowest BCUT2D eigenvalue weighted by molar-refractivity contribution is -0.137. The molecule has 0 atom stereocenters. The SMILES string of the molecule is CCNCC1CCN(c2ccc(C(F)(F)F)cc2Br)CC1. The van der Waals surface area contributed by atoms with Crippen LogP contribution in [0.2, 0.25) is 0 Å². The van der Waals surface area contributed by atoms with Gasteiger partial charge in [-0.1, -0.05) is 6.92 Å². The fourth-order valence-corrected chi connectivity index (χ4v) is 3.30. The Labute approximate surface area is 131 Å².